The average Bonchev–Trinajstić information content (AvgIpc) is 3.56. The standard InChI is InChI=1S/C29H22I2N2O4S2/c1-3-12-37-26-18(14-19(30)16-20(26)31)15-22-27(34)33-25(21-11-8-13-38-21)23(28(35)36-4-2)24(32-29(33)39-22)17-9-6-5-7-10-17/h3,5-11,13-16,25H,1,4,12H2,2H3/b22-15-/t25-/m1/s1. The summed E-state index contributed by atoms with van der Waals surface area (Å²) in [5, 5.41) is 1.94. The van der Waals surface area contributed by atoms with Crippen molar-refractivity contribution in [3.63, 3.8) is 0 Å². The molecule has 198 valence electrons. The van der Waals surface area contributed by atoms with Crippen LogP contribution in [0, 0.1) is 7.14 Å². The van der Waals surface area contributed by atoms with Crippen molar-refractivity contribution < 1.29 is 14.3 Å². The summed E-state index contributed by atoms with van der Waals surface area (Å²) in [4.78, 5) is 33.7. The Labute approximate surface area is 260 Å². The predicted molar refractivity (Wildman–Crippen MR) is 173 cm³/mol. The Bertz CT molecular complexity index is 1760. The number of ether oxygens (including phenoxy) is 2. The van der Waals surface area contributed by atoms with Gasteiger partial charge >= 0.3 is 5.97 Å². The van der Waals surface area contributed by atoms with Crippen molar-refractivity contribution in [2.24, 2.45) is 4.99 Å². The Hall–Kier alpha value is -2.55. The molecule has 0 saturated carbocycles. The van der Waals surface area contributed by atoms with Crippen molar-refractivity contribution in [1.29, 1.82) is 0 Å². The maximum absolute atomic E-state index is 14.0. The first-order valence-electron chi connectivity index (χ1n) is 12.0. The van der Waals surface area contributed by atoms with Crippen molar-refractivity contribution in [3.8, 4) is 5.75 Å². The fourth-order valence-corrected chi connectivity index (χ4v) is 8.14. The molecule has 2 aromatic heterocycles. The molecule has 2 aromatic carbocycles. The molecule has 0 N–H and O–H groups in total. The maximum atomic E-state index is 14.0. The van der Waals surface area contributed by atoms with Crippen molar-refractivity contribution in [2.45, 2.75) is 13.0 Å². The van der Waals surface area contributed by atoms with Gasteiger partial charge in [-0.1, -0.05) is 60.4 Å². The lowest BCUT2D eigenvalue weighted by Gasteiger charge is -2.24. The van der Waals surface area contributed by atoms with Crippen LogP contribution in [0.1, 0.15) is 29.0 Å². The lowest BCUT2D eigenvalue weighted by Crippen LogP contribution is -2.39. The van der Waals surface area contributed by atoms with Crippen LogP contribution >= 0.6 is 67.9 Å². The van der Waals surface area contributed by atoms with Gasteiger partial charge in [-0.3, -0.25) is 9.36 Å². The summed E-state index contributed by atoms with van der Waals surface area (Å²) in [6, 6.07) is 16.7. The first-order chi connectivity index (χ1) is 18.9. The number of esters is 1. The molecular formula is C29H22I2N2O4S2. The second-order valence-corrected chi connectivity index (χ2v) is 12.7. The Kier molecular flexibility index (Phi) is 8.84. The largest absolute Gasteiger partial charge is 0.488 e. The summed E-state index contributed by atoms with van der Waals surface area (Å²) in [5.74, 6) is 0.203. The van der Waals surface area contributed by atoms with E-state index >= 15 is 0 Å². The number of hydrogen-bond acceptors (Lipinski definition) is 7. The minimum atomic E-state index is -0.662. The molecule has 1 atom stereocenters. The molecule has 6 nitrogen and oxygen atoms in total. The van der Waals surface area contributed by atoms with Crippen LogP contribution in [0.15, 0.2) is 88.0 Å². The number of fused-ring (bicyclic) bond motifs is 1. The molecular weight excluding hydrogens is 758 g/mol. The van der Waals surface area contributed by atoms with Crippen LogP contribution in [-0.2, 0) is 9.53 Å². The molecule has 0 saturated heterocycles. The Morgan fingerprint density at radius 2 is 1.97 bits per heavy atom. The van der Waals surface area contributed by atoms with Gasteiger partial charge in [0.2, 0.25) is 0 Å². The van der Waals surface area contributed by atoms with E-state index in [1.807, 2.05) is 66.1 Å². The van der Waals surface area contributed by atoms with E-state index in [2.05, 4.69) is 51.8 Å². The molecule has 0 amide bonds. The zero-order chi connectivity index (χ0) is 27.5. The van der Waals surface area contributed by atoms with Gasteiger partial charge in [0, 0.05) is 19.6 Å². The monoisotopic (exact) mass is 780 g/mol. The first kappa shape index (κ1) is 28.0. The topological polar surface area (TPSA) is 69.9 Å². The molecule has 0 spiro atoms. The Morgan fingerprint density at radius 1 is 1.18 bits per heavy atom. The van der Waals surface area contributed by atoms with Gasteiger partial charge in [-0.15, -0.1) is 11.3 Å². The second kappa shape index (κ2) is 12.3. The zero-order valence-corrected chi connectivity index (χ0v) is 26.7. The third-order valence-corrected chi connectivity index (χ3v) is 9.19. The summed E-state index contributed by atoms with van der Waals surface area (Å²) in [6.45, 7) is 6.08. The number of rotatable bonds is 8. The molecule has 0 aliphatic carbocycles. The number of carbonyl (C=O) groups excluding carboxylic acids is 1. The summed E-state index contributed by atoms with van der Waals surface area (Å²) < 4.78 is 15.5. The highest BCUT2D eigenvalue weighted by molar-refractivity contribution is 14.1. The number of thiazole rings is 1. The maximum Gasteiger partial charge on any atom is 0.338 e. The summed E-state index contributed by atoms with van der Waals surface area (Å²) in [7, 11) is 0. The van der Waals surface area contributed by atoms with Crippen molar-refractivity contribution in [1.82, 2.24) is 4.57 Å². The molecule has 1 aliphatic rings. The molecule has 4 aromatic rings. The number of halogens is 2. The zero-order valence-electron chi connectivity index (χ0n) is 20.7. The SMILES string of the molecule is C=CCOc1c(I)cc(I)cc1/C=c1\sc2n(c1=O)[C@H](c1cccs1)C(C(=O)OCC)=C(c1ccccc1)N=2. The van der Waals surface area contributed by atoms with Crippen LogP contribution in [0.25, 0.3) is 11.8 Å². The smallest absolute Gasteiger partial charge is 0.338 e. The molecule has 0 unspecified atom stereocenters. The number of thiophene rings is 1. The minimum Gasteiger partial charge on any atom is -0.488 e. The molecule has 0 bridgehead atoms. The quantitative estimate of drug-likeness (QED) is 0.130. The number of hydrogen-bond donors (Lipinski definition) is 0. The highest BCUT2D eigenvalue weighted by atomic mass is 127. The summed E-state index contributed by atoms with van der Waals surface area (Å²) >= 11 is 7.27. The van der Waals surface area contributed by atoms with Gasteiger partial charge in [0.15, 0.2) is 4.80 Å². The Morgan fingerprint density at radius 3 is 2.67 bits per heavy atom. The third-order valence-electron chi connectivity index (χ3n) is 5.86. The van der Waals surface area contributed by atoms with E-state index in [-0.39, 0.29) is 12.2 Å². The van der Waals surface area contributed by atoms with E-state index in [1.54, 1.807) is 17.6 Å². The fraction of sp³-hybridized carbons (Fsp3) is 0.138. The van der Waals surface area contributed by atoms with E-state index in [4.69, 9.17) is 14.5 Å². The number of nitrogens with zero attached hydrogens (tertiary/aromatic N) is 2. The molecule has 39 heavy (non-hydrogen) atoms. The van der Waals surface area contributed by atoms with Crippen LogP contribution in [-0.4, -0.2) is 23.8 Å². The highest BCUT2D eigenvalue weighted by Crippen LogP contribution is 2.37. The normalized spacial score (nSPS) is 15.1. The van der Waals surface area contributed by atoms with Crippen molar-refractivity contribution in [2.75, 3.05) is 13.2 Å². The predicted octanol–water partition coefficient (Wildman–Crippen LogP) is 5.77. The third kappa shape index (κ3) is 5.70. The lowest BCUT2D eigenvalue weighted by atomic mass is 9.97. The molecule has 1 aliphatic heterocycles. The van der Waals surface area contributed by atoms with E-state index in [9.17, 15) is 9.59 Å². The van der Waals surface area contributed by atoms with E-state index in [0.717, 1.165) is 23.1 Å². The molecule has 0 radical (unpaired) electrons. The van der Waals surface area contributed by atoms with Crippen LogP contribution in [0.2, 0.25) is 0 Å². The number of carbonyl (C=O) groups is 1. The highest BCUT2D eigenvalue weighted by Gasteiger charge is 2.35. The van der Waals surface area contributed by atoms with Crippen LogP contribution in [0.3, 0.4) is 0 Å². The van der Waals surface area contributed by atoms with Gasteiger partial charge < -0.3 is 9.47 Å². The van der Waals surface area contributed by atoms with Gasteiger partial charge in [-0.2, -0.15) is 0 Å². The van der Waals surface area contributed by atoms with Crippen molar-refractivity contribution >= 4 is 85.6 Å². The van der Waals surface area contributed by atoms with Gasteiger partial charge in [0.25, 0.3) is 5.56 Å². The van der Waals surface area contributed by atoms with Crippen LogP contribution < -0.4 is 19.6 Å². The van der Waals surface area contributed by atoms with E-state index < -0.39 is 12.0 Å². The van der Waals surface area contributed by atoms with Crippen LogP contribution in [0.4, 0.5) is 0 Å². The first-order valence-corrected chi connectivity index (χ1v) is 15.8. The van der Waals surface area contributed by atoms with Gasteiger partial charge in [-0.25, -0.2) is 9.79 Å². The number of aromatic nitrogens is 1. The Balaban J connectivity index is 1.80. The fourth-order valence-electron chi connectivity index (χ4n) is 4.28. The molecule has 5 rings (SSSR count). The minimum absolute atomic E-state index is 0.213. The van der Waals surface area contributed by atoms with Gasteiger partial charge in [-0.05, 0) is 81.8 Å². The van der Waals surface area contributed by atoms with Gasteiger partial charge in [0.05, 0.1) is 26.0 Å². The van der Waals surface area contributed by atoms with Gasteiger partial charge in [0.1, 0.15) is 18.4 Å². The summed E-state index contributed by atoms with van der Waals surface area (Å²) in [6.07, 6.45) is 3.53. The van der Waals surface area contributed by atoms with Crippen molar-refractivity contribution in [3.05, 3.63) is 121 Å². The molecule has 3 heterocycles. The van der Waals surface area contributed by atoms with E-state index in [1.165, 1.54) is 22.7 Å². The van der Waals surface area contributed by atoms with Crippen LogP contribution in [0.5, 0.6) is 5.75 Å². The van der Waals surface area contributed by atoms with E-state index in [0.29, 0.717) is 33.0 Å². The number of benzene rings is 2. The average molecular weight is 780 g/mol. The second-order valence-electron chi connectivity index (χ2n) is 8.35. The summed E-state index contributed by atoms with van der Waals surface area (Å²) in [5.41, 5.74) is 2.21. The molecule has 0 fully saturated rings. The lowest BCUT2D eigenvalue weighted by molar-refractivity contribution is -0.138. The molecule has 10 heteroatoms.